The van der Waals surface area contributed by atoms with Crippen molar-refractivity contribution < 1.29 is 0 Å². The Morgan fingerprint density at radius 3 is 1.93 bits per heavy atom. The van der Waals surface area contributed by atoms with Gasteiger partial charge in [-0.15, -0.1) is 0 Å². The molecular formula is C25H36Si3. The van der Waals surface area contributed by atoms with Crippen molar-refractivity contribution in [3.05, 3.63) is 72.8 Å². The van der Waals surface area contributed by atoms with Crippen molar-refractivity contribution in [2.45, 2.75) is 57.8 Å². The first-order valence-electron chi connectivity index (χ1n) is 10.7. The van der Waals surface area contributed by atoms with Crippen LogP contribution in [0.15, 0.2) is 72.8 Å². The second-order valence-corrected chi connectivity index (χ2v) is 30.1. The number of rotatable bonds is 7. The molecule has 0 radical (unpaired) electrons. The van der Waals surface area contributed by atoms with Gasteiger partial charge in [0.2, 0.25) is 0 Å². The zero-order valence-corrected chi connectivity index (χ0v) is 21.5. The van der Waals surface area contributed by atoms with E-state index in [-0.39, 0.29) is 0 Å². The van der Waals surface area contributed by atoms with E-state index in [1.165, 1.54) is 28.9 Å². The van der Waals surface area contributed by atoms with Gasteiger partial charge in [-0.1, -0.05) is 136 Å². The molecule has 0 amide bonds. The largest absolute Gasteiger partial charge is 0.108 e. The summed E-state index contributed by atoms with van der Waals surface area (Å²) in [7, 11) is -4.42. The third kappa shape index (κ3) is 3.98. The Bertz CT molecular complexity index is 925. The van der Waals surface area contributed by atoms with Crippen molar-refractivity contribution >= 4 is 44.4 Å². The van der Waals surface area contributed by atoms with E-state index in [1.54, 1.807) is 10.4 Å². The fraction of sp³-hybridized carbons (Fsp3) is 0.360. The smallest absolute Gasteiger partial charge is 0.0707 e. The van der Waals surface area contributed by atoms with E-state index in [0.717, 1.165) is 0 Å². The van der Waals surface area contributed by atoms with E-state index < -0.39 is 23.3 Å². The second-order valence-electron chi connectivity index (χ2n) is 9.92. The minimum atomic E-state index is -1.85. The van der Waals surface area contributed by atoms with E-state index >= 15 is 0 Å². The highest BCUT2D eigenvalue weighted by Crippen LogP contribution is 2.31. The van der Waals surface area contributed by atoms with Gasteiger partial charge in [0.15, 0.2) is 0 Å². The van der Waals surface area contributed by atoms with Gasteiger partial charge in [-0.05, 0) is 16.0 Å². The lowest BCUT2D eigenvalue weighted by Crippen LogP contribution is -2.72. The Morgan fingerprint density at radius 2 is 1.25 bits per heavy atom. The molecule has 28 heavy (non-hydrogen) atoms. The molecule has 0 aliphatic rings. The fourth-order valence-electron chi connectivity index (χ4n) is 4.42. The number of fused-ring (bicyclic) bond motifs is 1. The summed E-state index contributed by atoms with van der Waals surface area (Å²) in [5.41, 5.74) is 0. The quantitative estimate of drug-likeness (QED) is 0.380. The maximum atomic E-state index is 2.69. The average molecular weight is 421 g/mol. The molecule has 3 heteroatoms. The first kappa shape index (κ1) is 21.3. The molecule has 0 spiro atoms. The fourth-order valence-corrected chi connectivity index (χ4v) is 22.7. The lowest BCUT2D eigenvalue weighted by atomic mass is 10.1. The summed E-state index contributed by atoms with van der Waals surface area (Å²) in [5, 5.41) is 6.15. The normalized spacial score (nSPS) is 14.8. The van der Waals surface area contributed by atoms with Crippen molar-refractivity contribution in [2.75, 3.05) is 0 Å². The van der Waals surface area contributed by atoms with Crippen molar-refractivity contribution in [3.63, 3.8) is 0 Å². The molecule has 3 aromatic rings. The third-order valence-corrected chi connectivity index (χ3v) is 29.2. The van der Waals surface area contributed by atoms with Gasteiger partial charge in [-0.2, -0.15) is 0 Å². The molecule has 0 bridgehead atoms. The summed E-state index contributed by atoms with van der Waals surface area (Å²) in [6, 6.07) is 31.9. The molecule has 0 aromatic heterocycles. The predicted molar refractivity (Wildman–Crippen MR) is 136 cm³/mol. The van der Waals surface area contributed by atoms with E-state index in [0.29, 0.717) is 0 Å². The highest BCUT2D eigenvalue weighted by atomic mass is 29.3. The number of hydrogen-bond acceptors (Lipinski definition) is 0. The highest BCUT2D eigenvalue weighted by molar-refractivity contribution is 7.51. The molecule has 1 unspecified atom stereocenters. The lowest BCUT2D eigenvalue weighted by Gasteiger charge is -2.44. The van der Waals surface area contributed by atoms with Crippen LogP contribution in [0, 0.1) is 0 Å². The Balaban J connectivity index is 2.19. The lowest BCUT2D eigenvalue weighted by molar-refractivity contribution is 1.22. The number of hydrogen-bond donors (Lipinski definition) is 0. The summed E-state index contributed by atoms with van der Waals surface area (Å²) in [4.78, 5) is 0. The van der Waals surface area contributed by atoms with Crippen LogP contribution in [0.4, 0.5) is 0 Å². The Morgan fingerprint density at radius 1 is 0.643 bits per heavy atom. The maximum Gasteiger partial charge on any atom is 0.108 e. The standard InChI is InChI=1S/C25H36Si3/c1-7-26(2,3)20-21-27(4,5)28(6,23-16-9-8-10-17-23)25-19-13-15-22-14-11-12-18-24(22)25/h8-19H,7,20-21H2,1-6H3. The minimum Gasteiger partial charge on any atom is -0.0707 e. The van der Waals surface area contributed by atoms with Crippen molar-refractivity contribution in [2.24, 2.45) is 0 Å². The van der Waals surface area contributed by atoms with Crippen LogP contribution < -0.4 is 10.4 Å². The van der Waals surface area contributed by atoms with Gasteiger partial charge >= 0.3 is 0 Å². The average Bonchev–Trinajstić information content (AvgIpc) is 2.72. The summed E-state index contributed by atoms with van der Waals surface area (Å²) >= 11 is 0. The molecule has 0 aliphatic heterocycles. The van der Waals surface area contributed by atoms with Gasteiger partial charge in [0.1, 0.15) is 7.59 Å². The molecule has 1 atom stereocenters. The molecule has 0 saturated carbocycles. The van der Waals surface area contributed by atoms with Crippen molar-refractivity contribution in [1.29, 1.82) is 0 Å². The Kier molecular flexibility index (Phi) is 6.18. The van der Waals surface area contributed by atoms with E-state index in [2.05, 4.69) is 112 Å². The summed E-state index contributed by atoms with van der Waals surface area (Å²) in [5.74, 6) is 0. The first-order valence-corrected chi connectivity index (χ1v) is 20.9. The van der Waals surface area contributed by atoms with Gasteiger partial charge in [0.25, 0.3) is 0 Å². The van der Waals surface area contributed by atoms with Gasteiger partial charge in [-0.25, -0.2) is 0 Å². The molecule has 0 fully saturated rings. The Hall–Kier alpha value is -1.43. The monoisotopic (exact) mass is 420 g/mol. The molecule has 3 aromatic carbocycles. The molecular weight excluding hydrogens is 385 g/mol. The molecule has 0 nitrogen and oxygen atoms in total. The first-order chi connectivity index (χ1) is 13.2. The number of benzene rings is 3. The molecule has 3 rings (SSSR count). The van der Waals surface area contributed by atoms with Crippen LogP contribution in [0.25, 0.3) is 10.8 Å². The van der Waals surface area contributed by atoms with Crippen LogP contribution in [-0.2, 0) is 0 Å². The summed E-state index contributed by atoms with van der Waals surface area (Å²) < 4.78 is 0. The van der Waals surface area contributed by atoms with E-state index in [1.807, 2.05) is 0 Å². The molecule has 0 saturated heterocycles. The zero-order chi connectivity index (χ0) is 20.4. The summed E-state index contributed by atoms with van der Waals surface area (Å²) in [6.45, 7) is 15.6. The Labute approximate surface area is 174 Å². The van der Waals surface area contributed by atoms with Gasteiger partial charge in [0, 0.05) is 8.07 Å². The minimum absolute atomic E-state index is 1.06. The van der Waals surface area contributed by atoms with Crippen LogP contribution >= 0.6 is 0 Å². The maximum absolute atomic E-state index is 2.69. The topological polar surface area (TPSA) is 0 Å². The van der Waals surface area contributed by atoms with Crippen LogP contribution in [0.3, 0.4) is 0 Å². The summed E-state index contributed by atoms with van der Waals surface area (Å²) in [6.07, 6.45) is 0. The second kappa shape index (κ2) is 8.13. The SMILES string of the molecule is CC[Si](C)(C)CC[Si](C)(C)[Si](C)(c1ccccc1)c1cccc2ccccc12. The van der Waals surface area contributed by atoms with Gasteiger partial charge < -0.3 is 0 Å². The van der Waals surface area contributed by atoms with Crippen LogP contribution in [0.2, 0.25) is 50.9 Å². The van der Waals surface area contributed by atoms with Crippen molar-refractivity contribution in [1.82, 2.24) is 0 Å². The van der Waals surface area contributed by atoms with Crippen LogP contribution in [0.1, 0.15) is 6.92 Å². The van der Waals surface area contributed by atoms with E-state index in [4.69, 9.17) is 0 Å². The zero-order valence-electron chi connectivity index (χ0n) is 18.5. The van der Waals surface area contributed by atoms with Gasteiger partial charge in [-0.3, -0.25) is 0 Å². The molecule has 0 heterocycles. The highest BCUT2D eigenvalue weighted by Gasteiger charge is 2.48. The third-order valence-electron chi connectivity index (χ3n) is 7.42. The van der Waals surface area contributed by atoms with Crippen LogP contribution in [0.5, 0.6) is 0 Å². The molecule has 0 aliphatic carbocycles. The van der Waals surface area contributed by atoms with Crippen LogP contribution in [-0.4, -0.2) is 23.3 Å². The van der Waals surface area contributed by atoms with Gasteiger partial charge in [0.05, 0.1) is 7.59 Å². The molecule has 148 valence electrons. The van der Waals surface area contributed by atoms with Crippen molar-refractivity contribution in [3.8, 4) is 0 Å². The molecule has 0 N–H and O–H groups in total. The van der Waals surface area contributed by atoms with E-state index in [9.17, 15) is 0 Å². The predicted octanol–water partition coefficient (Wildman–Crippen LogP) is 6.55.